The van der Waals surface area contributed by atoms with Crippen LogP contribution in [-0.2, 0) is 0 Å². The zero-order chi connectivity index (χ0) is 15.4. The van der Waals surface area contributed by atoms with Gasteiger partial charge in [0.05, 0.1) is 17.8 Å². The van der Waals surface area contributed by atoms with E-state index in [1.54, 1.807) is 6.07 Å². The van der Waals surface area contributed by atoms with E-state index < -0.39 is 17.7 Å². The van der Waals surface area contributed by atoms with Gasteiger partial charge in [-0.25, -0.2) is 8.78 Å². The van der Waals surface area contributed by atoms with Crippen molar-refractivity contribution in [2.24, 2.45) is 0 Å². The summed E-state index contributed by atoms with van der Waals surface area (Å²) in [4.78, 5) is 3.93. The van der Waals surface area contributed by atoms with Crippen LogP contribution in [0.3, 0.4) is 0 Å². The van der Waals surface area contributed by atoms with Gasteiger partial charge in [-0.3, -0.25) is 4.98 Å². The van der Waals surface area contributed by atoms with Crippen LogP contribution in [0.1, 0.15) is 30.6 Å². The highest BCUT2D eigenvalue weighted by molar-refractivity contribution is 6.30. The number of halogens is 3. The highest BCUT2D eigenvalue weighted by Crippen LogP contribution is 2.29. The Morgan fingerprint density at radius 1 is 1.24 bits per heavy atom. The van der Waals surface area contributed by atoms with Gasteiger partial charge >= 0.3 is 0 Å². The Hall–Kier alpha value is -1.72. The van der Waals surface area contributed by atoms with Gasteiger partial charge in [0.15, 0.2) is 0 Å². The second kappa shape index (κ2) is 6.83. The summed E-state index contributed by atoms with van der Waals surface area (Å²) in [5, 5.41) is 9.86. The van der Waals surface area contributed by atoms with Crippen molar-refractivity contribution in [3.8, 4) is 5.75 Å². The summed E-state index contributed by atoms with van der Waals surface area (Å²) in [6.45, 7) is 2.46. The minimum absolute atomic E-state index is 0.202. The average molecular weight is 314 g/mol. The zero-order valence-corrected chi connectivity index (χ0v) is 12.1. The normalized spacial score (nSPS) is 12.2. The number of aliphatic hydroxyl groups excluding tert-OH is 1. The summed E-state index contributed by atoms with van der Waals surface area (Å²) in [7, 11) is 0. The van der Waals surface area contributed by atoms with Crippen LogP contribution in [0.4, 0.5) is 8.78 Å². The van der Waals surface area contributed by atoms with Crippen molar-refractivity contribution in [2.45, 2.75) is 19.4 Å². The molecule has 0 saturated carbocycles. The molecule has 0 spiro atoms. The second-order valence-electron chi connectivity index (χ2n) is 4.49. The first kappa shape index (κ1) is 15.7. The average Bonchev–Trinajstić information content (AvgIpc) is 2.48. The molecule has 0 radical (unpaired) electrons. The number of aliphatic hydroxyl groups is 1. The quantitative estimate of drug-likeness (QED) is 0.852. The molecule has 1 aromatic heterocycles. The van der Waals surface area contributed by atoms with Gasteiger partial charge in [0.2, 0.25) is 0 Å². The lowest BCUT2D eigenvalue weighted by Gasteiger charge is -2.14. The summed E-state index contributed by atoms with van der Waals surface area (Å²) < 4.78 is 32.6. The van der Waals surface area contributed by atoms with E-state index in [1.807, 2.05) is 6.92 Å². The Kier molecular flexibility index (Phi) is 5.09. The van der Waals surface area contributed by atoms with Crippen LogP contribution in [0.25, 0.3) is 0 Å². The molecular formula is C15H14ClF2NO2. The van der Waals surface area contributed by atoms with Gasteiger partial charge in [-0.15, -0.1) is 0 Å². The Bertz CT molecular complexity index is 637. The van der Waals surface area contributed by atoms with Crippen LogP contribution in [0.15, 0.2) is 30.6 Å². The molecule has 1 N–H and O–H groups in total. The fourth-order valence-corrected chi connectivity index (χ4v) is 1.96. The van der Waals surface area contributed by atoms with Gasteiger partial charge in [-0.2, -0.15) is 0 Å². The smallest absolute Gasteiger partial charge is 0.142 e. The van der Waals surface area contributed by atoms with Crippen molar-refractivity contribution in [2.75, 3.05) is 6.61 Å². The molecule has 2 aromatic rings. The number of aromatic nitrogens is 1. The van der Waals surface area contributed by atoms with Crippen molar-refractivity contribution >= 4 is 11.6 Å². The largest absolute Gasteiger partial charge is 0.492 e. The van der Waals surface area contributed by atoms with Crippen LogP contribution >= 0.6 is 11.6 Å². The lowest BCUT2D eigenvalue weighted by Crippen LogP contribution is -2.05. The Balaban J connectivity index is 2.31. The first-order chi connectivity index (χ1) is 10.0. The molecule has 6 heteroatoms. The highest BCUT2D eigenvalue weighted by atomic mass is 35.5. The molecule has 0 aliphatic rings. The van der Waals surface area contributed by atoms with Crippen molar-refractivity contribution < 1.29 is 18.6 Å². The maximum atomic E-state index is 13.8. The van der Waals surface area contributed by atoms with Crippen molar-refractivity contribution in [3.63, 3.8) is 0 Å². The van der Waals surface area contributed by atoms with Crippen LogP contribution in [0.5, 0.6) is 5.75 Å². The van der Waals surface area contributed by atoms with Crippen LogP contribution in [0.2, 0.25) is 5.02 Å². The SMILES string of the molecule is CCCOc1cncc(C(O)c2cc(F)c(Cl)cc2F)c1. The molecular weight excluding hydrogens is 300 g/mol. The molecule has 1 unspecified atom stereocenters. The van der Waals surface area contributed by atoms with Crippen LogP contribution in [0, 0.1) is 11.6 Å². The number of benzene rings is 1. The predicted octanol–water partition coefficient (Wildman–Crippen LogP) is 3.88. The first-order valence-corrected chi connectivity index (χ1v) is 6.81. The molecule has 1 aromatic carbocycles. The summed E-state index contributed by atoms with van der Waals surface area (Å²) in [6, 6.07) is 3.25. The third-order valence-corrected chi connectivity index (χ3v) is 3.15. The number of ether oxygens (including phenoxy) is 1. The number of hydrogen-bond donors (Lipinski definition) is 1. The molecule has 0 saturated heterocycles. The molecule has 0 amide bonds. The maximum Gasteiger partial charge on any atom is 0.142 e. The molecule has 2 rings (SSSR count). The number of pyridine rings is 1. The van der Waals surface area contributed by atoms with Gasteiger partial charge in [-0.05, 0) is 24.6 Å². The van der Waals surface area contributed by atoms with E-state index >= 15 is 0 Å². The minimum atomic E-state index is -1.35. The van der Waals surface area contributed by atoms with E-state index in [2.05, 4.69) is 4.98 Å². The van der Waals surface area contributed by atoms with Crippen molar-refractivity contribution in [3.05, 3.63) is 58.4 Å². The third kappa shape index (κ3) is 3.68. The molecule has 0 aliphatic heterocycles. The van der Waals surface area contributed by atoms with Gasteiger partial charge < -0.3 is 9.84 Å². The summed E-state index contributed by atoms with van der Waals surface area (Å²) >= 11 is 5.49. The Labute approximate surface area is 126 Å². The number of rotatable bonds is 5. The van der Waals surface area contributed by atoms with E-state index in [9.17, 15) is 13.9 Å². The van der Waals surface area contributed by atoms with Gasteiger partial charge in [0.1, 0.15) is 23.5 Å². The Morgan fingerprint density at radius 2 is 2.00 bits per heavy atom. The Morgan fingerprint density at radius 3 is 2.71 bits per heavy atom. The van der Waals surface area contributed by atoms with Gasteiger partial charge in [0, 0.05) is 17.3 Å². The summed E-state index contributed by atoms with van der Waals surface area (Å²) in [5.74, 6) is -1.12. The van der Waals surface area contributed by atoms with E-state index in [0.717, 1.165) is 18.6 Å². The van der Waals surface area contributed by atoms with Crippen molar-refractivity contribution in [1.29, 1.82) is 0 Å². The maximum absolute atomic E-state index is 13.8. The molecule has 0 bridgehead atoms. The molecule has 3 nitrogen and oxygen atoms in total. The number of nitrogens with zero attached hydrogens (tertiary/aromatic N) is 1. The highest BCUT2D eigenvalue weighted by Gasteiger charge is 2.18. The first-order valence-electron chi connectivity index (χ1n) is 6.43. The lowest BCUT2D eigenvalue weighted by molar-refractivity contribution is 0.213. The van der Waals surface area contributed by atoms with E-state index in [0.29, 0.717) is 17.9 Å². The molecule has 1 atom stereocenters. The van der Waals surface area contributed by atoms with E-state index in [1.165, 1.54) is 12.4 Å². The molecule has 112 valence electrons. The van der Waals surface area contributed by atoms with Gasteiger partial charge in [-0.1, -0.05) is 18.5 Å². The third-order valence-electron chi connectivity index (χ3n) is 2.86. The van der Waals surface area contributed by atoms with Crippen LogP contribution in [-0.4, -0.2) is 16.7 Å². The number of hydrogen-bond acceptors (Lipinski definition) is 3. The standard InChI is InChI=1S/C15H14ClF2NO2/c1-2-3-21-10-4-9(7-19-8-10)15(20)11-5-14(18)12(16)6-13(11)17/h4-8,15,20H,2-3H2,1H3. The van der Waals surface area contributed by atoms with Gasteiger partial charge in [0.25, 0.3) is 0 Å². The van der Waals surface area contributed by atoms with Crippen LogP contribution < -0.4 is 4.74 Å². The minimum Gasteiger partial charge on any atom is -0.492 e. The predicted molar refractivity (Wildman–Crippen MR) is 75.5 cm³/mol. The fourth-order valence-electron chi connectivity index (χ4n) is 1.81. The van der Waals surface area contributed by atoms with E-state index in [-0.39, 0.29) is 10.6 Å². The summed E-state index contributed by atoms with van der Waals surface area (Å²) in [5.41, 5.74) is 0.107. The van der Waals surface area contributed by atoms with E-state index in [4.69, 9.17) is 16.3 Å². The topological polar surface area (TPSA) is 42.4 Å². The fraction of sp³-hybridized carbons (Fsp3) is 0.267. The molecule has 21 heavy (non-hydrogen) atoms. The summed E-state index contributed by atoms with van der Waals surface area (Å²) in [6.07, 6.45) is 2.33. The molecule has 0 aliphatic carbocycles. The van der Waals surface area contributed by atoms with Crippen molar-refractivity contribution in [1.82, 2.24) is 4.98 Å². The zero-order valence-electron chi connectivity index (χ0n) is 11.3. The lowest BCUT2D eigenvalue weighted by atomic mass is 10.0. The molecule has 1 heterocycles. The second-order valence-corrected chi connectivity index (χ2v) is 4.90. The molecule has 0 fully saturated rings. The monoisotopic (exact) mass is 313 g/mol.